The van der Waals surface area contributed by atoms with E-state index in [1.807, 2.05) is 48.5 Å². The van der Waals surface area contributed by atoms with E-state index in [1.54, 1.807) is 12.5 Å². The van der Waals surface area contributed by atoms with Crippen molar-refractivity contribution >= 4 is 28.8 Å². The van der Waals surface area contributed by atoms with E-state index >= 15 is 0 Å². The molecule has 156 valence electrons. The average Bonchev–Trinajstić information content (AvgIpc) is 3.28. The van der Waals surface area contributed by atoms with Crippen molar-refractivity contribution in [2.45, 2.75) is 18.3 Å². The Bertz CT molecular complexity index is 1030. The first-order chi connectivity index (χ1) is 14.6. The molecule has 1 aromatic heterocycles. The molecule has 0 atom stereocenters. The van der Waals surface area contributed by atoms with Gasteiger partial charge in [0.25, 0.3) is 5.91 Å². The standard InChI is InChI=1S/C23H23ClN2O3S/c1-28-20-9-5-2-6-16(20)22-26-19(14-30-22)21(27)25-15-23(10-12-29-13-11-23)17-7-3-4-8-18(17)24/h2-9,14H,10-13,15H2,1H3,(H,25,27). The number of aromatic nitrogens is 1. The molecule has 1 aliphatic rings. The predicted molar refractivity (Wildman–Crippen MR) is 120 cm³/mol. The van der Waals surface area contributed by atoms with Gasteiger partial charge < -0.3 is 14.8 Å². The van der Waals surface area contributed by atoms with Gasteiger partial charge in [0.15, 0.2) is 0 Å². The van der Waals surface area contributed by atoms with Crippen LogP contribution in [0.4, 0.5) is 0 Å². The quantitative estimate of drug-likeness (QED) is 0.586. The lowest BCUT2D eigenvalue weighted by Crippen LogP contribution is -2.44. The van der Waals surface area contributed by atoms with Crippen molar-refractivity contribution in [2.24, 2.45) is 0 Å². The van der Waals surface area contributed by atoms with Crippen molar-refractivity contribution in [3.05, 3.63) is 70.2 Å². The van der Waals surface area contributed by atoms with Crippen LogP contribution in [0.1, 0.15) is 28.9 Å². The van der Waals surface area contributed by atoms with Crippen LogP contribution in [0, 0.1) is 0 Å². The fraction of sp³-hybridized carbons (Fsp3) is 0.304. The zero-order valence-corrected chi connectivity index (χ0v) is 18.3. The Labute approximate surface area is 185 Å². The Balaban J connectivity index is 1.52. The fourth-order valence-corrected chi connectivity index (χ4v) is 5.02. The fourth-order valence-electron chi connectivity index (χ4n) is 3.86. The van der Waals surface area contributed by atoms with Crippen LogP contribution in [-0.4, -0.2) is 37.8 Å². The van der Waals surface area contributed by atoms with Gasteiger partial charge in [0.1, 0.15) is 16.5 Å². The number of amides is 1. The molecule has 1 amide bonds. The predicted octanol–water partition coefficient (Wildman–Crippen LogP) is 4.95. The summed E-state index contributed by atoms with van der Waals surface area (Å²) >= 11 is 7.93. The van der Waals surface area contributed by atoms with Crippen molar-refractivity contribution in [1.29, 1.82) is 0 Å². The first-order valence-corrected chi connectivity index (χ1v) is 11.1. The molecule has 2 heterocycles. The summed E-state index contributed by atoms with van der Waals surface area (Å²) in [4.78, 5) is 17.4. The highest BCUT2D eigenvalue weighted by molar-refractivity contribution is 7.13. The van der Waals surface area contributed by atoms with Gasteiger partial charge in [0.05, 0.1) is 12.7 Å². The third-order valence-electron chi connectivity index (χ3n) is 5.56. The molecular formula is C23H23ClN2O3S. The highest BCUT2D eigenvalue weighted by atomic mass is 35.5. The third kappa shape index (κ3) is 4.21. The summed E-state index contributed by atoms with van der Waals surface area (Å²) in [6, 6.07) is 15.5. The Morgan fingerprint density at radius 1 is 1.20 bits per heavy atom. The van der Waals surface area contributed by atoms with Gasteiger partial charge in [0, 0.05) is 35.6 Å². The highest BCUT2D eigenvalue weighted by Crippen LogP contribution is 2.38. The van der Waals surface area contributed by atoms with Gasteiger partial charge in [-0.05, 0) is 36.6 Å². The number of carbonyl (C=O) groups is 1. The number of benzene rings is 2. The molecule has 5 nitrogen and oxygen atoms in total. The molecule has 1 saturated heterocycles. The van der Waals surface area contributed by atoms with Crippen molar-refractivity contribution < 1.29 is 14.3 Å². The lowest BCUT2D eigenvalue weighted by molar-refractivity contribution is 0.0487. The molecule has 3 aromatic rings. The van der Waals surface area contributed by atoms with E-state index in [1.165, 1.54) is 11.3 Å². The molecule has 7 heteroatoms. The van der Waals surface area contributed by atoms with Crippen LogP contribution in [0.25, 0.3) is 10.6 Å². The van der Waals surface area contributed by atoms with Crippen LogP contribution < -0.4 is 10.1 Å². The molecule has 0 aliphatic carbocycles. The van der Waals surface area contributed by atoms with Gasteiger partial charge in [-0.1, -0.05) is 41.9 Å². The largest absolute Gasteiger partial charge is 0.496 e. The van der Waals surface area contributed by atoms with Crippen LogP contribution in [-0.2, 0) is 10.2 Å². The average molecular weight is 443 g/mol. The summed E-state index contributed by atoms with van der Waals surface area (Å²) in [5, 5.41) is 6.35. The Hall–Kier alpha value is -2.41. The summed E-state index contributed by atoms with van der Waals surface area (Å²) in [7, 11) is 1.63. The number of nitrogens with zero attached hydrogens (tertiary/aromatic N) is 1. The molecule has 0 saturated carbocycles. The van der Waals surface area contributed by atoms with Crippen LogP contribution in [0.3, 0.4) is 0 Å². The number of rotatable bonds is 6. The molecule has 1 N–H and O–H groups in total. The topological polar surface area (TPSA) is 60.5 Å². The number of nitrogens with one attached hydrogen (secondary N) is 1. The van der Waals surface area contributed by atoms with Gasteiger partial charge in [0.2, 0.25) is 0 Å². The maximum absolute atomic E-state index is 12.9. The normalized spacial score (nSPS) is 15.5. The van der Waals surface area contributed by atoms with E-state index in [0.717, 1.165) is 39.7 Å². The van der Waals surface area contributed by atoms with Gasteiger partial charge in [-0.3, -0.25) is 4.79 Å². The minimum atomic E-state index is -0.242. The molecule has 0 unspecified atom stereocenters. The minimum Gasteiger partial charge on any atom is -0.496 e. The maximum Gasteiger partial charge on any atom is 0.270 e. The van der Waals surface area contributed by atoms with E-state index in [2.05, 4.69) is 10.3 Å². The number of ether oxygens (including phenoxy) is 2. The smallest absolute Gasteiger partial charge is 0.270 e. The number of hydrogen-bond acceptors (Lipinski definition) is 5. The molecule has 0 spiro atoms. The van der Waals surface area contributed by atoms with E-state index in [4.69, 9.17) is 21.1 Å². The zero-order valence-electron chi connectivity index (χ0n) is 16.7. The van der Waals surface area contributed by atoms with Crippen molar-refractivity contribution in [2.75, 3.05) is 26.9 Å². The molecule has 2 aromatic carbocycles. The van der Waals surface area contributed by atoms with Gasteiger partial charge in [-0.15, -0.1) is 11.3 Å². The highest BCUT2D eigenvalue weighted by Gasteiger charge is 2.36. The summed E-state index contributed by atoms with van der Waals surface area (Å²) in [5.74, 6) is 0.545. The Morgan fingerprint density at radius 2 is 1.93 bits per heavy atom. The van der Waals surface area contributed by atoms with Crippen molar-refractivity contribution in [3.63, 3.8) is 0 Å². The molecule has 0 bridgehead atoms. The number of halogens is 1. The third-order valence-corrected chi connectivity index (χ3v) is 6.76. The lowest BCUT2D eigenvalue weighted by atomic mass is 9.74. The summed E-state index contributed by atoms with van der Waals surface area (Å²) in [6.45, 7) is 1.78. The zero-order chi connectivity index (χ0) is 21.0. The van der Waals surface area contributed by atoms with E-state index in [-0.39, 0.29) is 11.3 Å². The van der Waals surface area contributed by atoms with Crippen molar-refractivity contribution in [3.8, 4) is 16.3 Å². The summed E-state index contributed by atoms with van der Waals surface area (Å²) in [6.07, 6.45) is 1.61. The van der Waals surface area contributed by atoms with E-state index in [0.29, 0.717) is 25.5 Å². The lowest BCUT2D eigenvalue weighted by Gasteiger charge is -2.38. The minimum absolute atomic E-state index is 0.190. The number of methoxy groups -OCH3 is 1. The van der Waals surface area contributed by atoms with Gasteiger partial charge in [-0.2, -0.15) is 0 Å². The number of para-hydroxylation sites is 1. The Kier molecular flexibility index (Phi) is 6.37. The number of thiazole rings is 1. The summed E-state index contributed by atoms with van der Waals surface area (Å²) in [5.41, 5.74) is 2.10. The second kappa shape index (κ2) is 9.16. The van der Waals surface area contributed by atoms with Crippen LogP contribution in [0.5, 0.6) is 5.75 Å². The molecule has 4 rings (SSSR count). The molecule has 1 fully saturated rings. The molecular weight excluding hydrogens is 420 g/mol. The van der Waals surface area contributed by atoms with Crippen LogP contribution in [0.2, 0.25) is 5.02 Å². The molecule has 0 radical (unpaired) electrons. The van der Waals surface area contributed by atoms with Gasteiger partial charge >= 0.3 is 0 Å². The molecule has 30 heavy (non-hydrogen) atoms. The maximum atomic E-state index is 12.9. The first kappa shape index (κ1) is 20.8. The monoisotopic (exact) mass is 442 g/mol. The van der Waals surface area contributed by atoms with Gasteiger partial charge in [-0.25, -0.2) is 4.98 Å². The van der Waals surface area contributed by atoms with E-state index < -0.39 is 0 Å². The second-order valence-corrected chi connectivity index (χ2v) is 8.56. The summed E-state index contributed by atoms with van der Waals surface area (Å²) < 4.78 is 11.0. The second-order valence-electron chi connectivity index (χ2n) is 7.29. The Morgan fingerprint density at radius 3 is 2.70 bits per heavy atom. The number of carbonyl (C=O) groups excluding carboxylic acids is 1. The van der Waals surface area contributed by atoms with Crippen LogP contribution in [0.15, 0.2) is 53.9 Å². The number of hydrogen-bond donors (Lipinski definition) is 1. The van der Waals surface area contributed by atoms with E-state index in [9.17, 15) is 4.79 Å². The van der Waals surface area contributed by atoms with Crippen molar-refractivity contribution in [1.82, 2.24) is 10.3 Å². The first-order valence-electron chi connectivity index (χ1n) is 9.83. The molecule has 1 aliphatic heterocycles. The SMILES string of the molecule is COc1ccccc1-c1nc(C(=O)NCC2(c3ccccc3Cl)CCOCC2)cs1. The van der Waals surface area contributed by atoms with Crippen LogP contribution >= 0.6 is 22.9 Å².